The fourth-order valence-electron chi connectivity index (χ4n) is 2.17. The molecule has 21 heavy (non-hydrogen) atoms. The summed E-state index contributed by atoms with van der Waals surface area (Å²) >= 11 is 1.56. The number of nitrogens with one attached hydrogen (secondary N) is 2. The Labute approximate surface area is 127 Å². The van der Waals surface area contributed by atoms with Gasteiger partial charge in [-0.05, 0) is 6.26 Å². The number of aromatic amines is 1. The number of aromatic nitrogens is 3. The molecule has 0 amide bonds. The van der Waals surface area contributed by atoms with Gasteiger partial charge in [0.15, 0.2) is 5.82 Å². The van der Waals surface area contributed by atoms with E-state index in [9.17, 15) is 10.2 Å². The van der Waals surface area contributed by atoms with Gasteiger partial charge in [-0.2, -0.15) is 11.8 Å². The Kier molecular flexibility index (Phi) is 5.80. The van der Waals surface area contributed by atoms with Crippen molar-refractivity contribution >= 4 is 28.6 Å². The fraction of sp³-hybridized carbons (Fsp3) is 0.538. The lowest BCUT2D eigenvalue weighted by Crippen LogP contribution is -2.35. The second-order valence-electron chi connectivity index (χ2n) is 4.89. The van der Waals surface area contributed by atoms with E-state index in [0.29, 0.717) is 24.7 Å². The van der Waals surface area contributed by atoms with E-state index < -0.39 is 6.10 Å². The summed E-state index contributed by atoms with van der Waals surface area (Å²) in [6, 6.07) is 0. The van der Waals surface area contributed by atoms with Gasteiger partial charge < -0.3 is 26.2 Å². The van der Waals surface area contributed by atoms with Crippen molar-refractivity contribution in [1.82, 2.24) is 20.3 Å². The Hall–Kier alpha value is -1.35. The molecule has 0 bridgehead atoms. The van der Waals surface area contributed by atoms with E-state index in [2.05, 4.69) is 20.3 Å². The predicted octanol–water partition coefficient (Wildman–Crippen LogP) is -0.0379. The van der Waals surface area contributed by atoms with Crippen molar-refractivity contribution < 1.29 is 10.2 Å². The first-order valence-corrected chi connectivity index (χ1v) is 8.11. The summed E-state index contributed by atoms with van der Waals surface area (Å²) in [5, 5.41) is 22.5. The molecule has 2 aromatic rings. The van der Waals surface area contributed by atoms with Crippen LogP contribution >= 0.6 is 11.8 Å². The van der Waals surface area contributed by atoms with Crippen molar-refractivity contribution in [2.45, 2.75) is 12.6 Å². The van der Waals surface area contributed by atoms with Gasteiger partial charge in [0.1, 0.15) is 11.8 Å². The highest BCUT2D eigenvalue weighted by Gasteiger charge is 2.17. The van der Waals surface area contributed by atoms with Crippen LogP contribution in [0.4, 0.5) is 5.82 Å². The first-order valence-electron chi connectivity index (χ1n) is 6.72. The van der Waals surface area contributed by atoms with E-state index in [-0.39, 0.29) is 12.5 Å². The Balaban J connectivity index is 1.94. The molecule has 8 heteroatoms. The van der Waals surface area contributed by atoms with Crippen LogP contribution in [-0.4, -0.2) is 56.4 Å². The number of aliphatic hydroxyl groups is 2. The number of rotatable bonds is 8. The van der Waals surface area contributed by atoms with Crippen LogP contribution in [0, 0.1) is 5.92 Å². The number of hydrogen-bond donors (Lipinski definition) is 5. The molecule has 0 saturated carbocycles. The summed E-state index contributed by atoms with van der Waals surface area (Å²) in [5.41, 5.74) is 8.28. The molecule has 0 aliphatic heterocycles. The largest absolute Gasteiger partial charge is 0.396 e. The molecule has 0 radical (unpaired) electrons. The topological polar surface area (TPSA) is 120 Å². The van der Waals surface area contributed by atoms with Gasteiger partial charge in [-0.3, -0.25) is 0 Å². The fourth-order valence-corrected chi connectivity index (χ4v) is 2.78. The molecule has 116 valence electrons. The van der Waals surface area contributed by atoms with Crippen LogP contribution in [0.1, 0.15) is 5.56 Å². The van der Waals surface area contributed by atoms with Crippen molar-refractivity contribution in [3.05, 3.63) is 18.1 Å². The zero-order chi connectivity index (χ0) is 15.2. The average molecular weight is 311 g/mol. The number of thioether (sulfide) groups is 1. The highest BCUT2D eigenvalue weighted by atomic mass is 32.2. The standard InChI is InChI=1S/C13H21N5O2S/c1-21-6-10(20)9(5-19)3-15-2-8-4-16-12-11(8)17-7-18-13(12)14/h4,7,9-10,15-16,19-20H,2-3,5-6H2,1H3,(H2,14,17,18). The molecule has 2 heterocycles. The van der Waals surface area contributed by atoms with E-state index in [1.54, 1.807) is 11.8 Å². The average Bonchev–Trinajstić information content (AvgIpc) is 2.88. The molecule has 6 N–H and O–H groups in total. The van der Waals surface area contributed by atoms with Gasteiger partial charge in [-0.1, -0.05) is 0 Å². The molecular formula is C13H21N5O2S. The van der Waals surface area contributed by atoms with Crippen molar-refractivity contribution in [3.63, 3.8) is 0 Å². The molecule has 0 fully saturated rings. The lowest BCUT2D eigenvalue weighted by atomic mass is 10.1. The number of nitrogens with zero attached hydrogens (tertiary/aromatic N) is 2. The van der Waals surface area contributed by atoms with Crippen LogP contribution in [0.2, 0.25) is 0 Å². The van der Waals surface area contributed by atoms with Crippen LogP contribution in [0.25, 0.3) is 11.0 Å². The van der Waals surface area contributed by atoms with E-state index >= 15 is 0 Å². The second kappa shape index (κ2) is 7.60. The molecule has 0 saturated heterocycles. The van der Waals surface area contributed by atoms with E-state index in [1.807, 2.05) is 12.5 Å². The van der Waals surface area contributed by atoms with Crippen molar-refractivity contribution in [2.24, 2.45) is 5.92 Å². The monoisotopic (exact) mass is 311 g/mol. The number of nitrogens with two attached hydrogens (primary N) is 1. The maximum Gasteiger partial charge on any atom is 0.151 e. The third-order valence-electron chi connectivity index (χ3n) is 3.41. The van der Waals surface area contributed by atoms with Crippen molar-refractivity contribution in [3.8, 4) is 0 Å². The van der Waals surface area contributed by atoms with Gasteiger partial charge in [-0.15, -0.1) is 0 Å². The molecule has 7 nitrogen and oxygen atoms in total. The molecule has 0 spiro atoms. The summed E-state index contributed by atoms with van der Waals surface area (Å²) in [7, 11) is 0. The summed E-state index contributed by atoms with van der Waals surface area (Å²) < 4.78 is 0. The highest BCUT2D eigenvalue weighted by Crippen LogP contribution is 2.18. The van der Waals surface area contributed by atoms with Gasteiger partial charge in [0.2, 0.25) is 0 Å². The molecule has 0 aromatic carbocycles. The van der Waals surface area contributed by atoms with E-state index in [4.69, 9.17) is 5.73 Å². The van der Waals surface area contributed by atoms with Crippen molar-refractivity contribution in [2.75, 3.05) is 30.9 Å². The minimum absolute atomic E-state index is 0.0439. The van der Waals surface area contributed by atoms with Gasteiger partial charge >= 0.3 is 0 Å². The van der Waals surface area contributed by atoms with Crippen LogP contribution in [0.5, 0.6) is 0 Å². The number of H-pyrrole nitrogens is 1. The van der Waals surface area contributed by atoms with Crippen LogP contribution in [0.15, 0.2) is 12.5 Å². The minimum Gasteiger partial charge on any atom is -0.396 e. The summed E-state index contributed by atoms with van der Waals surface area (Å²) in [5.74, 6) is 0.862. The van der Waals surface area contributed by atoms with Crippen LogP contribution in [-0.2, 0) is 6.54 Å². The quantitative estimate of drug-likeness (QED) is 0.464. The first-order chi connectivity index (χ1) is 10.2. The molecule has 2 unspecified atom stereocenters. The molecule has 0 aliphatic rings. The SMILES string of the molecule is CSCC(O)C(CO)CNCc1c[nH]c2c(N)ncnc12. The predicted molar refractivity (Wildman–Crippen MR) is 85.0 cm³/mol. The Morgan fingerprint density at radius 1 is 1.48 bits per heavy atom. The lowest BCUT2D eigenvalue weighted by molar-refractivity contribution is 0.0836. The zero-order valence-corrected chi connectivity index (χ0v) is 12.7. The van der Waals surface area contributed by atoms with E-state index in [0.717, 1.165) is 16.6 Å². The molecule has 2 atom stereocenters. The number of hydrogen-bond acceptors (Lipinski definition) is 7. The summed E-state index contributed by atoms with van der Waals surface area (Å²) in [6.07, 6.45) is 4.70. The molecule has 2 aromatic heterocycles. The number of aliphatic hydroxyl groups excluding tert-OH is 2. The maximum atomic E-state index is 9.91. The maximum absolute atomic E-state index is 9.91. The van der Waals surface area contributed by atoms with Gasteiger partial charge in [0, 0.05) is 43.1 Å². The number of anilines is 1. The van der Waals surface area contributed by atoms with Crippen LogP contribution in [0.3, 0.4) is 0 Å². The van der Waals surface area contributed by atoms with Crippen LogP contribution < -0.4 is 11.1 Å². The first kappa shape index (κ1) is 16.0. The third-order valence-corrected chi connectivity index (χ3v) is 4.08. The van der Waals surface area contributed by atoms with Gasteiger partial charge in [0.25, 0.3) is 0 Å². The summed E-state index contributed by atoms with van der Waals surface area (Å²) in [6.45, 7) is 1.07. The van der Waals surface area contributed by atoms with Crippen molar-refractivity contribution in [1.29, 1.82) is 0 Å². The smallest absolute Gasteiger partial charge is 0.151 e. The van der Waals surface area contributed by atoms with Gasteiger partial charge in [-0.25, -0.2) is 9.97 Å². The summed E-state index contributed by atoms with van der Waals surface area (Å²) in [4.78, 5) is 11.2. The van der Waals surface area contributed by atoms with E-state index in [1.165, 1.54) is 6.33 Å². The van der Waals surface area contributed by atoms with Gasteiger partial charge in [0.05, 0.1) is 11.6 Å². The third kappa shape index (κ3) is 3.85. The molecular weight excluding hydrogens is 290 g/mol. The molecule has 2 rings (SSSR count). The Morgan fingerprint density at radius 2 is 2.29 bits per heavy atom. The zero-order valence-electron chi connectivity index (χ0n) is 11.9. The number of fused-ring (bicyclic) bond motifs is 1. The molecule has 0 aliphatic carbocycles. The minimum atomic E-state index is -0.515. The second-order valence-corrected chi connectivity index (χ2v) is 5.80. The highest BCUT2D eigenvalue weighted by molar-refractivity contribution is 7.98. The number of nitrogen functional groups attached to an aromatic ring is 1. The Morgan fingerprint density at radius 3 is 3.00 bits per heavy atom. The lowest BCUT2D eigenvalue weighted by Gasteiger charge is -2.20. The Bertz CT molecular complexity index is 577. The normalized spacial score (nSPS) is 14.4.